The van der Waals surface area contributed by atoms with Gasteiger partial charge in [-0.05, 0) is 18.2 Å². The molecule has 0 aliphatic rings. The largest absolute Gasteiger partial charge is 0.465 e. The monoisotopic (exact) mass is 243 g/mol. The van der Waals surface area contributed by atoms with Crippen LogP contribution in [0.1, 0.15) is 10.4 Å². The highest BCUT2D eigenvalue weighted by Crippen LogP contribution is 2.22. The molecule has 90 valence electrons. The quantitative estimate of drug-likeness (QED) is 0.696. The third-order valence-corrected chi connectivity index (χ3v) is 2.54. The van der Waals surface area contributed by atoms with Crippen LogP contribution in [0.2, 0.25) is 0 Å². The molecule has 0 atom stereocenters. The zero-order valence-electron chi connectivity index (χ0n) is 9.51. The predicted molar refractivity (Wildman–Crippen MR) is 62.9 cm³/mol. The van der Waals surface area contributed by atoms with E-state index >= 15 is 0 Å². The predicted octanol–water partition coefficient (Wildman–Crippen LogP) is 2.00. The number of carbonyl (C=O) groups is 1. The molecule has 0 fully saturated rings. The van der Waals surface area contributed by atoms with E-state index in [1.165, 1.54) is 13.3 Å². The number of rotatable bonds is 2. The summed E-state index contributed by atoms with van der Waals surface area (Å²) in [6.45, 7) is 0. The van der Waals surface area contributed by atoms with Gasteiger partial charge in [-0.2, -0.15) is 0 Å². The van der Waals surface area contributed by atoms with Crippen molar-refractivity contribution in [1.29, 1.82) is 0 Å². The Kier molecular flexibility index (Phi) is 2.33. The zero-order chi connectivity index (χ0) is 12.5. The van der Waals surface area contributed by atoms with E-state index in [2.05, 4.69) is 15.0 Å². The molecule has 0 amide bonds. The number of H-pyrrole nitrogens is 1. The third kappa shape index (κ3) is 1.55. The Balaban J connectivity index is 2.20. The molecule has 6 heteroatoms. The number of fused-ring (bicyclic) bond motifs is 1. The lowest BCUT2D eigenvalue weighted by atomic mass is 10.2. The van der Waals surface area contributed by atoms with E-state index in [4.69, 9.17) is 9.15 Å². The number of furan rings is 1. The summed E-state index contributed by atoms with van der Waals surface area (Å²) in [5.41, 5.74) is 1.36. The molecule has 18 heavy (non-hydrogen) atoms. The number of esters is 1. The number of hydrogen-bond acceptors (Lipinski definition) is 5. The Bertz CT molecular complexity index is 701. The van der Waals surface area contributed by atoms with Crippen molar-refractivity contribution in [1.82, 2.24) is 15.0 Å². The van der Waals surface area contributed by atoms with E-state index in [0.29, 0.717) is 28.3 Å². The lowest BCUT2D eigenvalue weighted by Crippen LogP contribution is -2.02. The van der Waals surface area contributed by atoms with Crippen molar-refractivity contribution in [2.24, 2.45) is 0 Å². The van der Waals surface area contributed by atoms with E-state index in [1.807, 2.05) is 0 Å². The molecule has 0 saturated heterocycles. The topological polar surface area (TPSA) is 81.0 Å². The summed E-state index contributed by atoms with van der Waals surface area (Å²) in [4.78, 5) is 23.0. The van der Waals surface area contributed by atoms with Crippen LogP contribution in [0.5, 0.6) is 0 Å². The molecule has 0 spiro atoms. The second-order valence-electron chi connectivity index (χ2n) is 3.61. The van der Waals surface area contributed by atoms with Crippen molar-refractivity contribution >= 4 is 17.1 Å². The van der Waals surface area contributed by atoms with E-state index < -0.39 is 5.97 Å². The number of imidazole rings is 1. The van der Waals surface area contributed by atoms with Crippen LogP contribution in [0.25, 0.3) is 22.7 Å². The minimum Gasteiger partial charge on any atom is -0.465 e. The first kappa shape index (κ1) is 10.5. The van der Waals surface area contributed by atoms with Crippen LogP contribution in [-0.2, 0) is 4.74 Å². The van der Waals surface area contributed by atoms with Crippen molar-refractivity contribution in [3.63, 3.8) is 0 Å². The molecule has 6 nitrogen and oxygen atoms in total. The summed E-state index contributed by atoms with van der Waals surface area (Å²) in [7, 11) is 1.33. The number of nitrogens with one attached hydrogen (secondary N) is 1. The van der Waals surface area contributed by atoms with Crippen molar-refractivity contribution in [3.8, 4) is 11.6 Å². The average molecular weight is 243 g/mol. The highest BCUT2D eigenvalue weighted by molar-refractivity contribution is 6.01. The van der Waals surface area contributed by atoms with Gasteiger partial charge in [0.1, 0.15) is 5.52 Å². The van der Waals surface area contributed by atoms with Crippen molar-refractivity contribution in [2.75, 3.05) is 7.11 Å². The van der Waals surface area contributed by atoms with Gasteiger partial charge in [0.25, 0.3) is 0 Å². The first-order chi connectivity index (χ1) is 8.79. The molecular formula is C12H9N3O3. The number of ether oxygens (including phenoxy) is 1. The summed E-state index contributed by atoms with van der Waals surface area (Å²) < 4.78 is 9.94. The molecule has 3 aromatic rings. The summed E-state index contributed by atoms with van der Waals surface area (Å²) >= 11 is 0. The molecular weight excluding hydrogens is 234 g/mol. The van der Waals surface area contributed by atoms with Crippen LogP contribution in [0, 0.1) is 0 Å². The fourth-order valence-electron chi connectivity index (χ4n) is 1.72. The molecule has 0 aliphatic carbocycles. The van der Waals surface area contributed by atoms with Gasteiger partial charge in [0.2, 0.25) is 0 Å². The maximum Gasteiger partial charge on any atom is 0.340 e. The molecule has 0 aromatic carbocycles. The van der Waals surface area contributed by atoms with Gasteiger partial charge in [0, 0.05) is 6.20 Å². The van der Waals surface area contributed by atoms with Gasteiger partial charge in [0.15, 0.2) is 17.2 Å². The van der Waals surface area contributed by atoms with Gasteiger partial charge in [-0.25, -0.2) is 14.8 Å². The van der Waals surface area contributed by atoms with Crippen LogP contribution in [0.15, 0.2) is 35.1 Å². The molecule has 0 aliphatic heterocycles. The Morgan fingerprint density at radius 3 is 3.06 bits per heavy atom. The van der Waals surface area contributed by atoms with Crippen LogP contribution in [0.4, 0.5) is 0 Å². The van der Waals surface area contributed by atoms with E-state index in [1.54, 1.807) is 24.5 Å². The first-order valence-corrected chi connectivity index (χ1v) is 5.26. The zero-order valence-corrected chi connectivity index (χ0v) is 9.51. The van der Waals surface area contributed by atoms with Crippen LogP contribution in [0.3, 0.4) is 0 Å². The molecule has 3 aromatic heterocycles. The Hall–Kier alpha value is -2.63. The van der Waals surface area contributed by atoms with Gasteiger partial charge in [-0.1, -0.05) is 0 Å². The Labute approximate surface area is 102 Å². The second kappa shape index (κ2) is 3.99. The second-order valence-corrected chi connectivity index (χ2v) is 3.61. The SMILES string of the molecule is COC(=O)c1ccnc2[nH]c(-c3ccco3)nc12. The minimum absolute atomic E-state index is 0.372. The van der Waals surface area contributed by atoms with Gasteiger partial charge in [-0.15, -0.1) is 0 Å². The molecule has 0 bridgehead atoms. The maximum atomic E-state index is 11.6. The van der Waals surface area contributed by atoms with Crippen LogP contribution < -0.4 is 0 Å². The van der Waals surface area contributed by atoms with Crippen LogP contribution >= 0.6 is 0 Å². The van der Waals surface area contributed by atoms with Crippen molar-refractivity contribution < 1.29 is 13.9 Å². The van der Waals surface area contributed by atoms with Crippen molar-refractivity contribution in [3.05, 3.63) is 36.2 Å². The van der Waals surface area contributed by atoms with Crippen LogP contribution in [-0.4, -0.2) is 28.0 Å². The molecule has 0 radical (unpaired) electrons. The molecule has 3 rings (SSSR count). The number of pyridine rings is 1. The summed E-state index contributed by atoms with van der Waals surface area (Å²) in [5.74, 6) is 0.669. The number of methoxy groups -OCH3 is 1. The summed E-state index contributed by atoms with van der Waals surface area (Å²) in [6.07, 6.45) is 3.08. The Morgan fingerprint density at radius 2 is 2.33 bits per heavy atom. The van der Waals surface area contributed by atoms with Gasteiger partial charge >= 0.3 is 5.97 Å². The van der Waals surface area contributed by atoms with E-state index in [0.717, 1.165) is 0 Å². The van der Waals surface area contributed by atoms with E-state index in [-0.39, 0.29) is 0 Å². The smallest absolute Gasteiger partial charge is 0.340 e. The van der Waals surface area contributed by atoms with Gasteiger partial charge < -0.3 is 14.1 Å². The molecule has 3 heterocycles. The number of nitrogens with zero attached hydrogens (tertiary/aromatic N) is 2. The fourth-order valence-corrected chi connectivity index (χ4v) is 1.72. The standard InChI is InChI=1S/C12H9N3O3/c1-17-12(16)7-4-5-13-11-9(7)14-10(15-11)8-3-2-6-18-8/h2-6H,1H3,(H,13,14,15). The normalized spacial score (nSPS) is 10.7. The average Bonchev–Trinajstić information content (AvgIpc) is 3.04. The highest BCUT2D eigenvalue weighted by Gasteiger charge is 2.16. The maximum absolute atomic E-state index is 11.6. The number of aromatic amines is 1. The number of aromatic nitrogens is 3. The van der Waals surface area contributed by atoms with Gasteiger partial charge in [0.05, 0.1) is 18.9 Å². The van der Waals surface area contributed by atoms with Crippen molar-refractivity contribution in [2.45, 2.75) is 0 Å². The number of carbonyl (C=O) groups excluding carboxylic acids is 1. The highest BCUT2D eigenvalue weighted by atomic mass is 16.5. The lowest BCUT2D eigenvalue weighted by Gasteiger charge is -1.97. The fraction of sp³-hybridized carbons (Fsp3) is 0.0833. The molecule has 1 N–H and O–H groups in total. The lowest BCUT2D eigenvalue weighted by molar-refractivity contribution is 0.0602. The molecule has 0 saturated carbocycles. The summed E-state index contributed by atoms with van der Waals surface area (Å²) in [5, 5.41) is 0. The van der Waals surface area contributed by atoms with Gasteiger partial charge in [-0.3, -0.25) is 0 Å². The first-order valence-electron chi connectivity index (χ1n) is 5.26. The summed E-state index contributed by atoms with van der Waals surface area (Å²) in [6, 6.07) is 5.10. The van der Waals surface area contributed by atoms with E-state index in [9.17, 15) is 4.79 Å². The minimum atomic E-state index is -0.445. The third-order valence-electron chi connectivity index (χ3n) is 2.54. The Morgan fingerprint density at radius 1 is 1.44 bits per heavy atom. The number of hydrogen-bond donors (Lipinski definition) is 1. The molecule has 0 unspecified atom stereocenters.